The van der Waals surface area contributed by atoms with Gasteiger partial charge >= 0.3 is 0 Å². The van der Waals surface area contributed by atoms with Crippen molar-refractivity contribution in [3.63, 3.8) is 0 Å². The lowest BCUT2D eigenvalue weighted by molar-refractivity contribution is 0.305. The lowest BCUT2D eigenvalue weighted by Gasteiger charge is -2.27. The van der Waals surface area contributed by atoms with Crippen LogP contribution in [0.4, 0.5) is 5.82 Å². The summed E-state index contributed by atoms with van der Waals surface area (Å²) in [6, 6.07) is 5.91. The predicted molar refractivity (Wildman–Crippen MR) is 75.1 cm³/mol. The molecule has 1 fully saturated rings. The van der Waals surface area contributed by atoms with Crippen molar-refractivity contribution in [2.75, 3.05) is 18.5 Å². The van der Waals surface area contributed by atoms with Crippen LogP contribution in [0.25, 0.3) is 0 Å². The fraction of sp³-hybridized carbons (Fsp3) is 0.667. The number of pyridine rings is 1. The number of ether oxygens (including phenoxy) is 1. The molecule has 0 unspecified atom stereocenters. The Morgan fingerprint density at radius 2 is 2.06 bits per heavy atom. The number of hydrogen-bond acceptors (Lipinski definition) is 3. The zero-order valence-corrected chi connectivity index (χ0v) is 11.5. The lowest BCUT2D eigenvalue weighted by atomic mass is 9.83. The third-order valence-corrected chi connectivity index (χ3v) is 4.07. The average molecular weight is 248 g/mol. The summed E-state index contributed by atoms with van der Waals surface area (Å²) >= 11 is 0. The highest BCUT2D eigenvalue weighted by Gasteiger charge is 2.31. The third kappa shape index (κ3) is 3.15. The van der Waals surface area contributed by atoms with Crippen molar-refractivity contribution in [1.82, 2.24) is 4.98 Å². The molecule has 0 aliphatic heterocycles. The zero-order chi connectivity index (χ0) is 12.8. The van der Waals surface area contributed by atoms with Crippen molar-refractivity contribution < 1.29 is 4.74 Å². The molecule has 1 aliphatic carbocycles. The number of rotatable bonds is 6. The van der Waals surface area contributed by atoms with Gasteiger partial charge in [0, 0.05) is 12.6 Å². The van der Waals surface area contributed by atoms with Crippen molar-refractivity contribution in [3.05, 3.63) is 18.2 Å². The molecule has 1 heterocycles. The second kappa shape index (κ2) is 6.07. The largest absolute Gasteiger partial charge is 0.478 e. The minimum atomic E-state index is 0.489. The van der Waals surface area contributed by atoms with Crippen LogP contribution in [0, 0.1) is 5.41 Å². The van der Waals surface area contributed by atoms with E-state index in [0.29, 0.717) is 17.9 Å². The van der Waals surface area contributed by atoms with Crippen LogP contribution in [0.1, 0.15) is 46.0 Å². The normalized spacial score (nSPS) is 17.7. The summed E-state index contributed by atoms with van der Waals surface area (Å²) in [5.41, 5.74) is 0.489. The van der Waals surface area contributed by atoms with Crippen molar-refractivity contribution in [2.24, 2.45) is 5.41 Å². The van der Waals surface area contributed by atoms with Crippen molar-refractivity contribution in [3.8, 4) is 5.88 Å². The van der Waals surface area contributed by atoms with E-state index < -0.39 is 0 Å². The highest BCUT2D eigenvalue weighted by Crippen LogP contribution is 2.40. The molecule has 0 bridgehead atoms. The second-order valence-corrected chi connectivity index (χ2v) is 5.21. The van der Waals surface area contributed by atoms with Crippen LogP contribution in [0.15, 0.2) is 18.2 Å². The summed E-state index contributed by atoms with van der Waals surface area (Å²) in [6.45, 7) is 5.98. The molecule has 3 heteroatoms. The summed E-state index contributed by atoms with van der Waals surface area (Å²) in [7, 11) is 0. The molecule has 0 atom stereocenters. The topological polar surface area (TPSA) is 34.1 Å². The first kappa shape index (κ1) is 13.2. The maximum Gasteiger partial charge on any atom is 0.215 e. The number of aromatic nitrogens is 1. The van der Waals surface area contributed by atoms with Gasteiger partial charge in [0.1, 0.15) is 5.82 Å². The molecule has 18 heavy (non-hydrogen) atoms. The zero-order valence-electron chi connectivity index (χ0n) is 11.5. The summed E-state index contributed by atoms with van der Waals surface area (Å²) < 4.78 is 5.42. The first-order valence-electron chi connectivity index (χ1n) is 7.12. The van der Waals surface area contributed by atoms with Gasteiger partial charge in [-0.3, -0.25) is 0 Å². The first-order valence-corrected chi connectivity index (χ1v) is 7.12. The van der Waals surface area contributed by atoms with E-state index >= 15 is 0 Å². The Morgan fingerprint density at radius 3 is 2.72 bits per heavy atom. The van der Waals surface area contributed by atoms with Gasteiger partial charge in [0.2, 0.25) is 5.88 Å². The van der Waals surface area contributed by atoms with Gasteiger partial charge in [-0.25, -0.2) is 0 Å². The van der Waals surface area contributed by atoms with E-state index in [1.54, 1.807) is 0 Å². The lowest BCUT2D eigenvalue weighted by Crippen LogP contribution is -2.26. The summed E-state index contributed by atoms with van der Waals surface area (Å²) in [4.78, 5) is 4.46. The molecule has 0 aromatic carbocycles. The molecule has 3 nitrogen and oxygen atoms in total. The van der Waals surface area contributed by atoms with Crippen molar-refractivity contribution in [2.45, 2.75) is 46.0 Å². The molecule has 100 valence electrons. The number of nitrogens with one attached hydrogen (secondary N) is 1. The van der Waals surface area contributed by atoms with Crippen LogP contribution in [0.2, 0.25) is 0 Å². The minimum absolute atomic E-state index is 0.489. The van der Waals surface area contributed by atoms with E-state index in [-0.39, 0.29) is 0 Å². The number of hydrogen-bond donors (Lipinski definition) is 1. The summed E-state index contributed by atoms with van der Waals surface area (Å²) in [6.07, 6.45) is 6.71. The van der Waals surface area contributed by atoms with Crippen molar-refractivity contribution >= 4 is 5.82 Å². The number of anilines is 1. The van der Waals surface area contributed by atoms with Crippen LogP contribution in [-0.2, 0) is 0 Å². The smallest absolute Gasteiger partial charge is 0.215 e. The SMILES string of the molecule is CCOc1cccc(NCC2(CC)CCCC2)n1. The maximum absolute atomic E-state index is 5.42. The van der Waals surface area contributed by atoms with Gasteiger partial charge in [0.05, 0.1) is 6.61 Å². The quantitative estimate of drug-likeness (QED) is 0.830. The van der Waals surface area contributed by atoms with Crippen LogP contribution in [0.3, 0.4) is 0 Å². The van der Waals surface area contributed by atoms with Crippen molar-refractivity contribution in [1.29, 1.82) is 0 Å². The Morgan fingerprint density at radius 1 is 1.28 bits per heavy atom. The maximum atomic E-state index is 5.42. The van der Waals surface area contributed by atoms with E-state index in [9.17, 15) is 0 Å². The van der Waals surface area contributed by atoms with E-state index in [0.717, 1.165) is 12.4 Å². The highest BCUT2D eigenvalue weighted by atomic mass is 16.5. The fourth-order valence-corrected chi connectivity index (χ4v) is 2.80. The van der Waals surface area contributed by atoms with Gasteiger partial charge < -0.3 is 10.1 Å². The molecule has 0 saturated heterocycles. The molecule has 1 aliphatic rings. The monoisotopic (exact) mass is 248 g/mol. The number of nitrogens with zero attached hydrogens (tertiary/aromatic N) is 1. The molecular weight excluding hydrogens is 224 g/mol. The Kier molecular flexibility index (Phi) is 4.45. The standard InChI is InChI=1S/C15H24N2O/c1-3-15(10-5-6-11-15)12-16-13-8-7-9-14(17-13)18-4-2/h7-9H,3-6,10-12H2,1-2H3,(H,16,17). The Balaban J connectivity index is 1.94. The predicted octanol–water partition coefficient (Wildman–Crippen LogP) is 3.86. The van der Waals surface area contributed by atoms with Crippen LogP contribution >= 0.6 is 0 Å². The van der Waals surface area contributed by atoms with Gasteiger partial charge in [-0.15, -0.1) is 0 Å². The molecule has 0 radical (unpaired) electrons. The van der Waals surface area contributed by atoms with E-state index in [4.69, 9.17) is 4.74 Å². The van der Waals surface area contributed by atoms with Gasteiger partial charge in [-0.1, -0.05) is 25.8 Å². The summed E-state index contributed by atoms with van der Waals surface area (Å²) in [5, 5.41) is 3.49. The summed E-state index contributed by atoms with van der Waals surface area (Å²) in [5.74, 6) is 1.64. The van der Waals surface area contributed by atoms with Crippen LogP contribution in [-0.4, -0.2) is 18.1 Å². The molecule has 1 aromatic heterocycles. The molecule has 1 aromatic rings. The Bertz CT molecular complexity index is 373. The minimum Gasteiger partial charge on any atom is -0.478 e. The molecule has 0 amide bonds. The van der Waals surface area contributed by atoms with Gasteiger partial charge in [0.25, 0.3) is 0 Å². The van der Waals surface area contributed by atoms with Gasteiger partial charge in [-0.05, 0) is 37.7 Å². The van der Waals surface area contributed by atoms with E-state index in [2.05, 4.69) is 17.2 Å². The second-order valence-electron chi connectivity index (χ2n) is 5.21. The van der Waals surface area contributed by atoms with Crippen LogP contribution in [0.5, 0.6) is 5.88 Å². The van der Waals surface area contributed by atoms with E-state index in [1.165, 1.54) is 32.1 Å². The molecular formula is C15H24N2O. The Hall–Kier alpha value is -1.25. The molecule has 2 rings (SSSR count). The van der Waals surface area contributed by atoms with Gasteiger partial charge in [-0.2, -0.15) is 4.98 Å². The molecule has 1 N–H and O–H groups in total. The van der Waals surface area contributed by atoms with Crippen LogP contribution < -0.4 is 10.1 Å². The first-order chi connectivity index (χ1) is 8.78. The Labute approximate surface area is 110 Å². The van der Waals surface area contributed by atoms with E-state index in [1.807, 2.05) is 25.1 Å². The highest BCUT2D eigenvalue weighted by molar-refractivity contribution is 5.37. The third-order valence-electron chi connectivity index (χ3n) is 4.07. The van der Waals surface area contributed by atoms with Gasteiger partial charge in [0.15, 0.2) is 0 Å². The molecule has 1 saturated carbocycles. The average Bonchev–Trinajstić information content (AvgIpc) is 2.87. The fourth-order valence-electron chi connectivity index (χ4n) is 2.80. The molecule has 0 spiro atoms.